The van der Waals surface area contributed by atoms with Crippen LogP contribution in [0.1, 0.15) is 5.69 Å². The normalized spacial score (nSPS) is 19.1. The topological polar surface area (TPSA) is 31.4 Å². The lowest BCUT2D eigenvalue weighted by Crippen LogP contribution is -2.46. The Morgan fingerprint density at radius 2 is 2.19 bits per heavy atom. The van der Waals surface area contributed by atoms with Gasteiger partial charge in [-0.2, -0.15) is 0 Å². The van der Waals surface area contributed by atoms with Crippen LogP contribution in [0.25, 0.3) is 0 Å². The Morgan fingerprint density at radius 3 is 2.88 bits per heavy atom. The molecule has 0 atom stereocenters. The molecule has 0 saturated carbocycles. The Hall–Kier alpha value is -0.490. The molecule has 0 aromatic carbocycles. The number of nitrogens with zero attached hydrogens (tertiary/aromatic N) is 3. The van der Waals surface area contributed by atoms with Gasteiger partial charge >= 0.3 is 0 Å². The van der Waals surface area contributed by atoms with Gasteiger partial charge in [0.2, 0.25) is 0 Å². The van der Waals surface area contributed by atoms with E-state index in [4.69, 9.17) is 0 Å². The maximum atomic E-state index is 4.25. The number of piperazine rings is 1. The lowest BCUT2D eigenvalue weighted by molar-refractivity contribution is 0.154. The van der Waals surface area contributed by atoms with Gasteiger partial charge in [0, 0.05) is 51.2 Å². The number of aromatic nitrogens is 1. The lowest BCUT2D eigenvalue weighted by atomic mass is 10.3. The van der Waals surface area contributed by atoms with E-state index in [1.54, 1.807) is 11.3 Å². The van der Waals surface area contributed by atoms with Gasteiger partial charge < -0.3 is 10.2 Å². The first-order valence-corrected chi connectivity index (χ1v) is 6.77. The molecule has 1 aliphatic rings. The third-order valence-electron chi connectivity index (χ3n) is 2.99. The number of likely N-dealkylation sites (N-methyl/N-ethyl adjacent to an activating group) is 1. The fraction of sp³-hybridized carbons (Fsp3) is 0.727. The van der Waals surface area contributed by atoms with Crippen molar-refractivity contribution in [3.8, 4) is 0 Å². The molecular formula is C11H20N4S. The van der Waals surface area contributed by atoms with Gasteiger partial charge in [0.05, 0.1) is 11.2 Å². The van der Waals surface area contributed by atoms with Crippen molar-refractivity contribution in [1.82, 2.24) is 20.1 Å². The standard InChI is InChI=1S/C11H20N4S/c1-14-4-6-15(7-5-14)3-2-12-8-11-9-16-10-13-11/h9-10,12H,2-8H2,1H3. The highest BCUT2D eigenvalue weighted by Gasteiger charge is 2.12. The minimum absolute atomic E-state index is 0.900. The summed E-state index contributed by atoms with van der Waals surface area (Å²) in [5.41, 5.74) is 3.04. The molecule has 0 aliphatic carbocycles. The Labute approximate surface area is 101 Å². The number of thiazole rings is 1. The summed E-state index contributed by atoms with van der Waals surface area (Å²) in [6.07, 6.45) is 0. The van der Waals surface area contributed by atoms with Gasteiger partial charge in [-0.3, -0.25) is 4.90 Å². The van der Waals surface area contributed by atoms with Crippen LogP contribution in [0.15, 0.2) is 10.9 Å². The van der Waals surface area contributed by atoms with Gasteiger partial charge in [-0.15, -0.1) is 11.3 Å². The van der Waals surface area contributed by atoms with Crippen molar-refractivity contribution in [3.63, 3.8) is 0 Å². The highest BCUT2D eigenvalue weighted by atomic mass is 32.1. The number of nitrogens with one attached hydrogen (secondary N) is 1. The number of rotatable bonds is 5. The van der Waals surface area contributed by atoms with Crippen LogP contribution in [0.4, 0.5) is 0 Å². The van der Waals surface area contributed by atoms with Crippen molar-refractivity contribution in [3.05, 3.63) is 16.6 Å². The lowest BCUT2D eigenvalue weighted by Gasteiger charge is -2.32. The largest absolute Gasteiger partial charge is 0.310 e. The molecule has 2 rings (SSSR count). The summed E-state index contributed by atoms with van der Waals surface area (Å²) < 4.78 is 0. The molecule has 90 valence electrons. The maximum absolute atomic E-state index is 4.25. The maximum Gasteiger partial charge on any atom is 0.0795 e. The van der Waals surface area contributed by atoms with Crippen molar-refractivity contribution in [1.29, 1.82) is 0 Å². The van der Waals surface area contributed by atoms with Crippen LogP contribution in [-0.4, -0.2) is 61.1 Å². The van der Waals surface area contributed by atoms with Crippen LogP contribution < -0.4 is 5.32 Å². The summed E-state index contributed by atoms with van der Waals surface area (Å²) in [6, 6.07) is 0. The quantitative estimate of drug-likeness (QED) is 0.759. The smallest absolute Gasteiger partial charge is 0.0795 e. The van der Waals surface area contributed by atoms with Crippen molar-refractivity contribution < 1.29 is 0 Å². The van der Waals surface area contributed by atoms with E-state index in [-0.39, 0.29) is 0 Å². The summed E-state index contributed by atoms with van der Waals surface area (Å²) in [7, 11) is 2.19. The fourth-order valence-electron chi connectivity index (χ4n) is 1.85. The molecule has 1 aromatic heterocycles. The molecule has 0 spiro atoms. The first kappa shape index (κ1) is 12.0. The van der Waals surface area contributed by atoms with E-state index >= 15 is 0 Å². The Balaban J connectivity index is 1.55. The average Bonchev–Trinajstić information content (AvgIpc) is 2.80. The van der Waals surface area contributed by atoms with E-state index in [1.807, 2.05) is 5.51 Å². The van der Waals surface area contributed by atoms with Gasteiger partial charge in [-0.05, 0) is 7.05 Å². The van der Waals surface area contributed by atoms with E-state index in [1.165, 1.54) is 26.2 Å². The molecule has 0 amide bonds. The molecule has 2 heterocycles. The van der Waals surface area contributed by atoms with Gasteiger partial charge in [-0.25, -0.2) is 4.98 Å². The highest BCUT2D eigenvalue weighted by molar-refractivity contribution is 7.07. The van der Waals surface area contributed by atoms with Gasteiger partial charge in [0.1, 0.15) is 0 Å². The molecule has 0 radical (unpaired) electrons. The molecular weight excluding hydrogens is 220 g/mol. The molecule has 0 unspecified atom stereocenters. The third-order valence-corrected chi connectivity index (χ3v) is 3.63. The number of hydrogen-bond acceptors (Lipinski definition) is 5. The first-order valence-electron chi connectivity index (χ1n) is 5.83. The summed E-state index contributed by atoms with van der Waals surface area (Å²) in [6.45, 7) is 7.92. The van der Waals surface area contributed by atoms with Gasteiger partial charge in [0.25, 0.3) is 0 Å². The van der Waals surface area contributed by atoms with E-state index in [2.05, 4.69) is 32.5 Å². The van der Waals surface area contributed by atoms with E-state index in [9.17, 15) is 0 Å². The van der Waals surface area contributed by atoms with Gasteiger partial charge in [-0.1, -0.05) is 0 Å². The molecule has 1 N–H and O–H groups in total. The molecule has 1 fully saturated rings. The SMILES string of the molecule is CN1CCN(CCNCc2cscn2)CC1. The van der Waals surface area contributed by atoms with Crippen molar-refractivity contribution in [2.24, 2.45) is 0 Å². The summed E-state index contributed by atoms with van der Waals surface area (Å²) in [4.78, 5) is 9.16. The molecule has 16 heavy (non-hydrogen) atoms. The average molecular weight is 240 g/mol. The zero-order valence-electron chi connectivity index (χ0n) is 9.85. The summed E-state index contributed by atoms with van der Waals surface area (Å²) in [5, 5.41) is 5.54. The Morgan fingerprint density at radius 1 is 1.38 bits per heavy atom. The van der Waals surface area contributed by atoms with Crippen LogP contribution in [-0.2, 0) is 6.54 Å². The summed E-state index contributed by atoms with van der Waals surface area (Å²) in [5.74, 6) is 0. The van der Waals surface area contributed by atoms with Crippen LogP contribution in [0.3, 0.4) is 0 Å². The van der Waals surface area contributed by atoms with Crippen molar-refractivity contribution in [2.45, 2.75) is 6.54 Å². The minimum atomic E-state index is 0.900. The molecule has 4 nitrogen and oxygen atoms in total. The van der Waals surface area contributed by atoms with Crippen molar-refractivity contribution >= 4 is 11.3 Å². The molecule has 1 aromatic rings. The molecule has 1 aliphatic heterocycles. The van der Waals surface area contributed by atoms with E-state index in [0.717, 1.165) is 25.3 Å². The van der Waals surface area contributed by atoms with Gasteiger partial charge in [0.15, 0.2) is 0 Å². The first-order chi connectivity index (χ1) is 7.84. The minimum Gasteiger partial charge on any atom is -0.310 e. The second-order valence-corrected chi connectivity index (χ2v) is 5.02. The van der Waals surface area contributed by atoms with Crippen LogP contribution in [0.5, 0.6) is 0 Å². The predicted molar refractivity (Wildman–Crippen MR) is 67.8 cm³/mol. The molecule has 0 bridgehead atoms. The third kappa shape index (κ3) is 3.83. The zero-order chi connectivity index (χ0) is 11.2. The Bertz CT molecular complexity index is 280. The second-order valence-electron chi connectivity index (χ2n) is 4.30. The monoisotopic (exact) mass is 240 g/mol. The van der Waals surface area contributed by atoms with Crippen LogP contribution in [0.2, 0.25) is 0 Å². The van der Waals surface area contributed by atoms with Crippen molar-refractivity contribution in [2.75, 3.05) is 46.3 Å². The second kappa shape index (κ2) is 6.30. The Kier molecular flexibility index (Phi) is 4.71. The van der Waals surface area contributed by atoms with Crippen LogP contribution >= 0.6 is 11.3 Å². The zero-order valence-corrected chi connectivity index (χ0v) is 10.7. The summed E-state index contributed by atoms with van der Waals surface area (Å²) >= 11 is 1.66. The molecule has 5 heteroatoms. The fourth-order valence-corrected chi connectivity index (χ4v) is 2.41. The van der Waals surface area contributed by atoms with Crippen LogP contribution in [0, 0.1) is 0 Å². The molecule has 1 saturated heterocycles. The highest BCUT2D eigenvalue weighted by Crippen LogP contribution is 2.00. The van der Waals surface area contributed by atoms with E-state index in [0.29, 0.717) is 0 Å². The number of hydrogen-bond donors (Lipinski definition) is 1. The van der Waals surface area contributed by atoms with E-state index < -0.39 is 0 Å². The predicted octanol–water partition coefficient (Wildman–Crippen LogP) is 0.480.